The largest absolute Gasteiger partial charge is 0.379 e. The Labute approximate surface area is 191 Å². The molecule has 0 spiro atoms. The Morgan fingerprint density at radius 2 is 2.03 bits per heavy atom. The predicted octanol–water partition coefficient (Wildman–Crippen LogP) is 2.37. The standard InChI is InChI=1S/C21H29N5O3S2/c27-19(15-30-21-25-24-20(31-21)23-13-18-6-3-9-29-18)22-12-16-4-1-2-5-17(16)14-26-7-10-28-11-8-26/h1-2,4-5,18H,3,6-15H2,(H,22,27)(H,23,24)/t18-/m1/s1. The number of anilines is 1. The number of nitrogens with zero attached hydrogens (tertiary/aromatic N) is 3. The third-order valence-electron chi connectivity index (χ3n) is 5.33. The lowest BCUT2D eigenvalue weighted by Gasteiger charge is -2.27. The van der Waals surface area contributed by atoms with Gasteiger partial charge in [0.2, 0.25) is 11.0 Å². The number of nitrogens with one attached hydrogen (secondary N) is 2. The van der Waals surface area contributed by atoms with Gasteiger partial charge in [-0.05, 0) is 24.0 Å². The Kier molecular flexibility index (Phi) is 8.53. The molecular formula is C21H29N5O3S2. The molecule has 0 unspecified atom stereocenters. The van der Waals surface area contributed by atoms with E-state index >= 15 is 0 Å². The second-order valence-corrected chi connectivity index (χ2v) is 9.81. The first-order valence-corrected chi connectivity index (χ1v) is 12.5. The minimum absolute atomic E-state index is 0.00441. The summed E-state index contributed by atoms with van der Waals surface area (Å²) in [6, 6.07) is 8.29. The molecule has 168 valence electrons. The van der Waals surface area contributed by atoms with E-state index in [4.69, 9.17) is 9.47 Å². The first-order chi connectivity index (χ1) is 15.3. The number of aromatic nitrogens is 2. The summed E-state index contributed by atoms with van der Waals surface area (Å²) in [5, 5.41) is 15.4. The highest BCUT2D eigenvalue weighted by atomic mass is 32.2. The van der Waals surface area contributed by atoms with Crippen molar-refractivity contribution in [2.24, 2.45) is 0 Å². The van der Waals surface area contributed by atoms with Crippen molar-refractivity contribution in [1.82, 2.24) is 20.4 Å². The molecule has 0 saturated carbocycles. The number of hydrogen-bond donors (Lipinski definition) is 2. The summed E-state index contributed by atoms with van der Waals surface area (Å²) < 4.78 is 11.8. The Morgan fingerprint density at radius 3 is 2.84 bits per heavy atom. The lowest BCUT2D eigenvalue weighted by Crippen LogP contribution is -2.36. The number of thioether (sulfide) groups is 1. The maximum Gasteiger partial charge on any atom is 0.230 e. The fourth-order valence-electron chi connectivity index (χ4n) is 3.60. The minimum Gasteiger partial charge on any atom is -0.379 e. The second kappa shape index (κ2) is 11.8. The molecule has 1 aromatic carbocycles. The van der Waals surface area contributed by atoms with Crippen molar-refractivity contribution in [3.05, 3.63) is 35.4 Å². The fraction of sp³-hybridized carbons (Fsp3) is 0.571. The van der Waals surface area contributed by atoms with E-state index in [9.17, 15) is 4.79 Å². The monoisotopic (exact) mass is 463 g/mol. The van der Waals surface area contributed by atoms with E-state index in [-0.39, 0.29) is 12.0 Å². The van der Waals surface area contributed by atoms with E-state index < -0.39 is 0 Å². The van der Waals surface area contributed by atoms with Gasteiger partial charge >= 0.3 is 0 Å². The number of ether oxygens (including phenoxy) is 2. The smallest absolute Gasteiger partial charge is 0.230 e. The summed E-state index contributed by atoms with van der Waals surface area (Å²) in [7, 11) is 0. The molecule has 2 aliphatic rings. The van der Waals surface area contributed by atoms with Gasteiger partial charge in [0.05, 0.1) is 25.1 Å². The van der Waals surface area contributed by atoms with Crippen LogP contribution in [-0.2, 0) is 27.4 Å². The maximum absolute atomic E-state index is 12.4. The molecule has 4 rings (SSSR count). The molecule has 1 atom stereocenters. The van der Waals surface area contributed by atoms with Crippen LogP contribution in [0.4, 0.5) is 5.13 Å². The Bertz CT molecular complexity index is 838. The van der Waals surface area contributed by atoms with Crippen LogP contribution >= 0.6 is 23.1 Å². The van der Waals surface area contributed by atoms with E-state index in [0.29, 0.717) is 12.3 Å². The molecule has 10 heteroatoms. The van der Waals surface area contributed by atoms with Gasteiger partial charge < -0.3 is 20.1 Å². The van der Waals surface area contributed by atoms with Crippen LogP contribution in [0.2, 0.25) is 0 Å². The predicted molar refractivity (Wildman–Crippen MR) is 122 cm³/mol. The van der Waals surface area contributed by atoms with Crippen LogP contribution in [-0.4, -0.2) is 72.3 Å². The average Bonchev–Trinajstić information content (AvgIpc) is 3.48. The van der Waals surface area contributed by atoms with Gasteiger partial charge in [0.25, 0.3) is 0 Å². The average molecular weight is 464 g/mol. The molecule has 2 N–H and O–H groups in total. The van der Waals surface area contributed by atoms with E-state index in [1.54, 1.807) is 0 Å². The van der Waals surface area contributed by atoms with Gasteiger partial charge in [-0.15, -0.1) is 10.2 Å². The zero-order valence-corrected chi connectivity index (χ0v) is 19.2. The number of hydrogen-bond acceptors (Lipinski definition) is 9. The van der Waals surface area contributed by atoms with Gasteiger partial charge in [-0.2, -0.15) is 0 Å². The van der Waals surface area contributed by atoms with Crippen molar-refractivity contribution in [2.45, 2.75) is 36.4 Å². The van der Waals surface area contributed by atoms with Crippen molar-refractivity contribution < 1.29 is 14.3 Å². The molecule has 1 amide bonds. The van der Waals surface area contributed by atoms with Gasteiger partial charge in [0.1, 0.15) is 0 Å². The van der Waals surface area contributed by atoms with E-state index in [2.05, 4.69) is 43.9 Å². The van der Waals surface area contributed by atoms with Gasteiger partial charge in [-0.25, -0.2) is 0 Å². The van der Waals surface area contributed by atoms with Gasteiger partial charge in [-0.3, -0.25) is 9.69 Å². The van der Waals surface area contributed by atoms with Crippen LogP contribution in [0, 0.1) is 0 Å². The molecule has 2 aliphatic heterocycles. The first kappa shape index (κ1) is 22.5. The Hall–Kier alpha value is -1.72. The Balaban J connectivity index is 1.19. The molecule has 0 radical (unpaired) electrons. The van der Waals surface area contributed by atoms with Crippen LogP contribution in [0.25, 0.3) is 0 Å². The number of carbonyl (C=O) groups is 1. The third kappa shape index (κ3) is 7.15. The highest BCUT2D eigenvalue weighted by molar-refractivity contribution is 8.01. The summed E-state index contributed by atoms with van der Waals surface area (Å²) >= 11 is 2.89. The zero-order valence-electron chi connectivity index (χ0n) is 17.5. The van der Waals surface area contributed by atoms with Crippen LogP contribution in [0.5, 0.6) is 0 Å². The first-order valence-electron chi connectivity index (χ1n) is 10.7. The van der Waals surface area contributed by atoms with Crippen LogP contribution in [0.3, 0.4) is 0 Å². The molecule has 0 bridgehead atoms. The summed E-state index contributed by atoms with van der Waals surface area (Å²) in [6.45, 7) is 6.48. The van der Waals surface area contributed by atoms with Crippen molar-refractivity contribution in [3.8, 4) is 0 Å². The van der Waals surface area contributed by atoms with E-state index in [1.807, 2.05) is 6.07 Å². The molecule has 8 nitrogen and oxygen atoms in total. The molecule has 2 fully saturated rings. The molecule has 31 heavy (non-hydrogen) atoms. The van der Waals surface area contributed by atoms with Crippen molar-refractivity contribution in [1.29, 1.82) is 0 Å². The van der Waals surface area contributed by atoms with Crippen LogP contribution in [0.1, 0.15) is 24.0 Å². The third-order valence-corrected chi connectivity index (χ3v) is 7.34. The van der Waals surface area contributed by atoms with Gasteiger partial charge in [0, 0.05) is 39.3 Å². The number of rotatable bonds is 10. The zero-order chi connectivity index (χ0) is 21.3. The lowest BCUT2D eigenvalue weighted by molar-refractivity contribution is -0.118. The highest BCUT2D eigenvalue weighted by Gasteiger charge is 2.16. The topological polar surface area (TPSA) is 88.6 Å². The highest BCUT2D eigenvalue weighted by Crippen LogP contribution is 2.25. The molecule has 0 aliphatic carbocycles. The summed E-state index contributed by atoms with van der Waals surface area (Å²) in [6.07, 6.45) is 2.47. The lowest BCUT2D eigenvalue weighted by atomic mass is 10.1. The molecule has 2 saturated heterocycles. The van der Waals surface area contributed by atoms with Crippen LogP contribution in [0.15, 0.2) is 28.6 Å². The second-order valence-electron chi connectivity index (χ2n) is 7.61. The summed E-state index contributed by atoms with van der Waals surface area (Å²) in [4.78, 5) is 14.8. The summed E-state index contributed by atoms with van der Waals surface area (Å²) in [5.74, 6) is 0.321. The Morgan fingerprint density at radius 1 is 1.19 bits per heavy atom. The quantitative estimate of drug-likeness (QED) is 0.519. The van der Waals surface area contributed by atoms with Gasteiger partial charge in [0.15, 0.2) is 4.34 Å². The number of benzene rings is 1. The maximum atomic E-state index is 12.4. The summed E-state index contributed by atoms with van der Waals surface area (Å²) in [5.41, 5.74) is 2.41. The SMILES string of the molecule is O=C(CSc1nnc(NC[C@H]2CCCO2)s1)NCc1ccccc1CN1CCOCC1. The molecule has 1 aromatic heterocycles. The number of morpholine rings is 1. The molecular weight excluding hydrogens is 434 g/mol. The number of carbonyl (C=O) groups excluding carboxylic acids is 1. The van der Waals surface area contributed by atoms with Crippen molar-refractivity contribution in [3.63, 3.8) is 0 Å². The number of amides is 1. The van der Waals surface area contributed by atoms with Gasteiger partial charge in [-0.1, -0.05) is 47.4 Å². The van der Waals surface area contributed by atoms with Crippen LogP contribution < -0.4 is 10.6 Å². The molecule has 3 heterocycles. The van der Waals surface area contributed by atoms with Crippen molar-refractivity contribution in [2.75, 3.05) is 50.5 Å². The normalized spacial score (nSPS) is 19.4. The minimum atomic E-state index is -0.00441. The van der Waals surface area contributed by atoms with E-state index in [1.165, 1.54) is 28.7 Å². The molecule has 2 aromatic rings. The van der Waals surface area contributed by atoms with Crippen molar-refractivity contribution >= 4 is 34.1 Å². The fourth-order valence-corrected chi connectivity index (χ4v) is 5.19. The van der Waals surface area contributed by atoms with E-state index in [0.717, 1.165) is 73.9 Å².